The van der Waals surface area contributed by atoms with Crippen molar-refractivity contribution in [3.8, 4) is 11.3 Å². The van der Waals surface area contributed by atoms with E-state index in [2.05, 4.69) is 5.16 Å². The first-order valence-electron chi connectivity index (χ1n) is 4.17. The van der Waals surface area contributed by atoms with Crippen molar-refractivity contribution < 1.29 is 8.91 Å². The number of halogens is 2. The van der Waals surface area contributed by atoms with E-state index in [0.717, 1.165) is 5.56 Å². The molecule has 0 fully saturated rings. The van der Waals surface area contributed by atoms with E-state index in [1.165, 1.54) is 23.9 Å². The van der Waals surface area contributed by atoms with Crippen LogP contribution in [0.3, 0.4) is 0 Å². The van der Waals surface area contributed by atoms with Crippen LogP contribution in [-0.4, -0.2) is 11.4 Å². The predicted octanol–water partition coefficient (Wildman–Crippen LogP) is 3.86. The standard InChI is InChI=1S/C10H7ClFNOS/c1-15-10-8(11)9(13-14-10)6-2-4-7(12)5-3-6/h2-5H,1H3. The Morgan fingerprint density at radius 2 is 2.00 bits per heavy atom. The van der Waals surface area contributed by atoms with Crippen molar-refractivity contribution in [3.05, 3.63) is 35.1 Å². The first kappa shape index (κ1) is 10.5. The Labute approximate surface area is 95.4 Å². The zero-order valence-corrected chi connectivity index (χ0v) is 9.40. The monoisotopic (exact) mass is 243 g/mol. The zero-order valence-electron chi connectivity index (χ0n) is 7.83. The summed E-state index contributed by atoms with van der Waals surface area (Å²) in [5.74, 6) is -0.288. The van der Waals surface area contributed by atoms with Crippen molar-refractivity contribution in [1.82, 2.24) is 5.16 Å². The smallest absolute Gasteiger partial charge is 0.212 e. The first-order valence-corrected chi connectivity index (χ1v) is 5.77. The highest BCUT2D eigenvalue weighted by molar-refractivity contribution is 7.98. The molecule has 0 atom stereocenters. The summed E-state index contributed by atoms with van der Waals surface area (Å²) in [5.41, 5.74) is 1.28. The lowest BCUT2D eigenvalue weighted by Crippen LogP contribution is -1.79. The van der Waals surface area contributed by atoms with Crippen molar-refractivity contribution in [3.63, 3.8) is 0 Å². The molecule has 0 aliphatic rings. The molecule has 5 heteroatoms. The minimum absolute atomic E-state index is 0.288. The summed E-state index contributed by atoms with van der Waals surface area (Å²) in [6, 6.07) is 5.95. The molecule has 1 aromatic carbocycles. The summed E-state index contributed by atoms with van der Waals surface area (Å²) < 4.78 is 17.7. The van der Waals surface area contributed by atoms with Crippen LogP contribution in [0.25, 0.3) is 11.3 Å². The van der Waals surface area contributed by atoms with Crippen LogP contribution in [-0.2, 0) is 0 Å². The van der Waals surface area contributed by atoms with Gasteiger partial charge >= 0.3 is 0 Å². The second kappa shape index (κ2) is 4.24. The van der Waals surface area contributed by atoms with Gasteiger partial charge in [0.05, 0.1) is 0 Å². The van der Waals surface area contributed by atoms with Gasteiger partial charge in [-0.05, 0) is 30.5 Å². The van der Waals surface area contributed by atoms with Crippen molar-refractivity contribution in [1.29, 1.82) is 0 Å². The Balaban J connectivity index is 2.45. The molecule has 78 valence electrons. The Bertz CT molecular complexity index is 469. The fourth-order valence-corrected chi connectivity index (χ4v) is 1.98. The summed E-state index contributed by atoms with van der Waals surface area (Å²) in [6.45, 7) is 0. The molecule has 0 amide bonds. The van der Waals surface area contributed by atoms with E-state index < -0.39 is 0 Å². The highest BCUT2D eigenvalue weighted by atomic mass is 35.5. The number of nitrogens with zero attached hydrogens (tertiary/aromatic N) is 1. The minimum Gasteiger partial charge on any atom is -0.348 e. The van der Waals surface area contributed by atoms with Crippen molar-refractivity contribution in [2.24, 2.45) is 0 Å². The molecule has 0 bridgehead atoms. The Kier molecular flexibility index (Phi) is 2.98. The molecule has 0 saturated heterocycles. The topological polar surface area (TPSA) is 26.0 Å². The van der Waals surface area contributed by atoms with E-state index in [-0.39, 0.29) is 5.82 Å². The van der Waals surface area contributed by atoms with Gasteiger partial charge in [0.1, 0.15) is 16.5 Å². The van der Waals surface area contributed by atoms with Crippen LogP contribution in [0.5, 0.6) is 0 Å². The van der Waals surface area contributed by atoms with Crippen LogP contribution >= 0.6 is 23.4 Å². The molecule has 1 aromatic heterocycles. The normalized spacial score (nSPS) is 10.6. The van der Waals surface area contributed by atoms with Gasteiger partial charge in [-0.25, -0.2) is 4.39 Å². The van der Waals surface area contributed by atoms with Gasteiger partial charge in [-0.2, -0.15) is 0 Å². The Morgan fingerprint density at radius 3 is 2.53 bits per heavy atom. The van der Waals surface area contributed by atoms with Gasteiger partial charge in [0.15, 0.2) is 0 Å². The number of hydrogen-bond acceptors (Lipinski definition) is 3. The predicted molar refractivity (Wildman–Crippen MR) is 58.7 cm³/mol. The maximum absolute atomic E-state index is 12.7. The van der Waals surface area contributed by atoms with E-state index in [1.807, 2.05) is 6.26 Å². The molecule has 15 heavy (non-hydrogen) atoms. The second-order valence-electron chi connectivity index (χ2n) is 2.84. The van der Waals surface area contributed by atoms with E-state index >= 15 is 0 Å². The van der Waals surface area contributed by atoms with Crippen LogP contribution in [0.15, 0.2) is 33.9 Å². The maximum atomic E-state index is 12.7. The Morgan fingerprint density at radius 1 is 1.33 bits per heavy atom. The highest BCUT2D eigenvalue weighted by Crippen LogP contribution is 2.34. The lowest BCUT2D eigenvalue weighted by molar-refractivity contribution is 0.352. The van der Waals surface area contributed by atoms with E-state index in [1.54, 1.807) is 12.1 Å². The molecule has 2 aromatic rings. The Hall–Kier alpha value is -1.00. The van der Waals surface area contributed by atoms with Crippen LogP contribution in [0, 0.1) is 5.82 Å². The van der Waals surface area contributed by atoms with Gasteiger partial charge in [0.25, 0.3) is 0 Å². The highest BCUT2D eigenvalue weighted by Gasteiger charge is 2.14. The van der Waals surface area contributed by atoms with E-state index in [4.69, 9.17) is 16.1 Å². The molecule has 0 N–H and O–H groups in total. The molecular formula is C10H7ClFNOS. The summed E-state index contributed by atoms with van der Waals surface area (Å²) in [6.07, 6.45) is 1.85. The van der Waals surface area contributed by atoms with Crippen molar-refractivity contribution in [2.75, 3.05) is 6.26 Å². The lowest BCUT2D eigenvalue weighted by atomic mass is 10.1. The van der Waals surface area contributed by atoms with E-state index in [0.29, 0.717) is 15.8 Å². The molecule has 2 nitrogen and oxygen atoms in total. The number of rotatable bonds is 2. The summed E-state index contributed by atoms with van der Waals surface area (Å²) in [4.78, 5) is 0. The number of thioether (sulfide) groups is 1. The fraction of sp³-hybridized carbons (Fsp3) is 0.100. The SMILES string of the molecule is CSc1onc(-c2ccc(F)cc2)c1Cl. The molecule has 1 heterocycles. The van der Waals surface area contributed by atoms with Gasteiger partial charge in [0.2, 0.25) is 5.09 Å². The van der Waals surface area contributed by atoms with Crippen LogP contribution < -0.4 is 0 Å². The van der Waals surface area contributed by atoms with Crippen LogP contribution in [0.1, 0.15) is 0 Å². The van der Waals surface area contributed by atoms with E-state index in [9.17, 15) is 4.39 Å². The second-order valence-corrected chi connectivity index (χ2v) is 4.00. The van der Waals surface area contributed by atoms with Gasteiger partial charge in [0, 0.05) is 5.56 Å². The number of hydrogen-bond donors (Lipinski definition) is 0. The third-order valence-corrected chi connectivity index (χ3v) is 3.02. The third-order valence-electron chi connectivity index (χ3n) is 1.91. The average Bonchev–Trinajstić information content (AvgIpc) is 2.61. The van der Waals surface area contributed by atoms with Crippen molar-refractivity contribution in [2.45, 2.75) is 5.09 Å². The van der Waals surface area contributed by atoms with Crippen LogP contribution in [0.4, 0.5) is 4.39 Å². The molecule has 0 unspecified atom stereocenters. The quantitative estimate of drug-likeness (QED) is 0.750. The maximum Gasteiger partial charge on any atom is 0.212 e. The largest absolute Gasteiger partial charge is 0.348 e. The molecule has 0 radical (unpaired) electrons. The van der Waals surface area contributed by atoms with Gasteiger partial charge in [-0.15, -0.1) is 0 Å². The molecule has 2 rings (SSSR count). The first-order chi connectivity index (χ1) is 7.22. The minimum atomic E-state index is -0.288. The van der Waals surface area contributed by atoms with Gasteiger partial charge in [-0.3, -0.25) is 0 Å². The zero-order chi connectivity index (χ0) is 10.8. The fourth-order valence-electron chi connectivity index (χ4n) is 1.18. The number of benzene rings is 1. The average molecular weight is 244 g/mol. The van der Waals surface area contributed by atoms with Crippen molar-refractivity contribution >= 4 is 23.4 Å². The molecule has 0 saturated carbocycles. The molecule has 0 aliphatic carbocycles. The van der Waals surface area contributed by atoms with Gasteiger partial charge in [-0.1, -0.05) is 28.5 Å². The summed E-state index contributed by atoms with van der Waals surface area (Å²) in [7, 11) is 0. The molecule has 0 aliphatic heterocycles. The molecule has 0 spiro atoms. The number of aromatic nitrogens is 1. The molecular weight excluding hydrogens is 237 g/mol. The summed E-state index contributed by atoms with van der Waals surface area (Å²) >= 11 is 7.41. The van der Waals surface area contributed by atoms with Gasteiger partial charge < -0.3 is 4.52 Å². The summed E-state index contributed by atoms with van der Waals surface area (Å²) in [5, 5.41) is 4.87. The lowest BCUT2D eigenvalue weighted by Gasteiger charge is -1.95. The van der Waals surface area contributed by atoms with Crippen LogP contribution in [0.2, 0.25) is 5.02 Å². The third kappa shape index (κ3) is 2.01.